The van der Waals surface area contributed by atoms with Gasteiger partial charge in [0.25, 0.3) is 0 Å². The monoisotopic (exact) mass is 244 g/mol. The Morgan fingerprint density at radius 1 is 1.22 bits per heavy atom. The highest BCUT2D eigenvalue weighted by Gasteiger charge is 2.41. The number of hydrogen-bond acceptors (Lipinski definition) is 5. The van der Waals surface area contributed by atoms with Crippen LogP contribution in [0.2, 0.25) is 0 Å². The van der Waals surface area contributed by atoms with Crippen molar-refractivity contribution in [2.45, 2.75) is 31.7 Å². The van der Waals surface area contributed by atoms with Crippen LogP contribution in [0.4, 0.5) is 11.8 Å². The zero-order chi connectivity index (χ0) is 12.1. The van der Waals surface area contributed by atoms with Gasteiger partial charge in [0.1, 0.15) is 5.82 Å². The summed E-state index contributed by atoms with van der Waals surface area (Å²) in [6.45, 7) is 0. The fourth-order valence-electron chi connectivity index (χ4n) is 2.65. The van der Waals surface area contributed by atoms with Crippen molar-refractivity contribution < 1.29 is 0 Å². The van der Waals surface area contributed by atoms with Crippen molar-refractivity contribution in [3.05, 3.63) is 6.20 Å². The highest BCUT2D eigenvalue weighted by atomic mass is 15.2. The molecule has 2 aromatic rings. The molecule has 0 atom stereocenters. The van der Waals surface area contributed by atoms with E-state index in [-0.39, 0.29) is 0 Å². The van der Waals surface area contributed by atoms with Gasteiger partial charge in [-0.25, -0.2) is 0 Å². The van der Waals surface area contributed by atoms with Gasteiger partial charge in [-0.15, -0.1) is 0 Å². The standard InChI is InChI=1S/C12H16N6/c13-12-16-10(8-5-14-18-11(8)17-12)15-9(6-1-2-6)7-3-4-7/h5-7,9H,1-4H2,(H4,13,14,15,16,17,18). The van der Waals surface area contributed by atoms with Gasteiger partial charge >= 0.3 is 0 Å². The van der Waals surface area contributed by atoms with E-state index in [2.05, 4.69) is 25.5 Å². The summed E-state index contributed by atoms with van der Waals surface area (Å²) in [5, 5.41) is 11.4. The Bertz CT molecular complexity index is 571. The predicted molar refractivity (Wildman–Crippen MR) is 69.0 cm³/mol. The molecule has 2 saturated carbocycles. The Morgan fingerprint density at radius 3 is 2.61 bits per heavy atom. The zero-order valence-corrected chi connectivity index (χ0v) is 10.1. The molecule has 6 heteroatoms. The molecule has 0 unspecified atom stereocenters. The van der Waals surface area contributed by atoms with E-state index in [1.807, 2.05) is 0 Å². The maximum Gasteiger partial charge on any atom is 0.224 e. The van der Waals surface area contributed by atoms with Crippen LogP contribution in [-0.4, -0.2) is 26.2 Å². The molecule has 0 aliphatic heterocycles. The number of fused-ring (bicyclic) bond motifs is 1. The highest BCUT2D eigenvalue weighted by molar-refractivity contribution is 5.86. The second-order valence-corrected chi connectivity index (χ2v) is 5.41. The molecule has 0 spiro atoms. The van der Waals surface area contributed by atoms with Crippen molar-refractivity contribution in [1.29, 1.82) is 0 Å². The summed E-state index contributed by atoms with van der Waals surface area (Å²) in [5.41, 5.74) is 6.44. The van der Waals surface area contributed by atoms with Gasteiger partial charge in [-0.05, 0) is 37.5 Å². The molecule has 94 valence electrons. The lowest BCUT2D eigenvalue weighted by Gasteiger charge is -2.18. The minimum Gasteiger partial charge on any atom is -0.368 e. The number of rotatable bonds is 4. The van der Waals surface area contributed by atoms with Crippen molar-refractivity contribution in [1.82, 2.24) is 20.2 Å². The second-order valence-electron chi connectivity index (χ2n) is 5.41. The lowest BCUT2D eigenvalue weighted by atomic mass is 10.1. The van der Waals surface area contributed by atoms with Crippen LogP contribution >= 0.6 is 0 Å². The molecule has 2 aliphatic rings. The normalized spacial score (nSPS) is 19.6. The SMILES string of the molecule is Nc1nc(NC(C2CC2)C2CC2)c2cn[nH]c2n1. The molecular weight excluding hydrogens is 228 g/mol. The van der Waals surface area contributed by atoms with Crippen LogP contribution in [0.15, 0.2) is 6.20 Å². The van der Waals surface area contributed by atoms with Crippen LogP contribution in [0, 0.1) is 11.8 Å². The van der Waals surface area contributed by atoms with E-state index in [1.54, 1.807) is 6.20 Å². The fraction of sp³-hybridized carbons (Fsp3) is 0.583. The minimum absolute atomic E-state index is 0.291. The minimum atomic E-state index is 0.291. The van der Waals surface area contributed by atoms with E-state index in [0.717, 1.165) is 23.0 Å². The molecule has 0 aromatic carbocycles. The predicted octanol–water partition coefficient (Wildman–Crippen LogP) is 1.54. The first kappa shape index (κ1) is 10.1. The van der Waals surface area contributed by atoms with E-state index in [0.29, 0.717) is 17.6 Å². The Kier molecular flexibility index (Phi) is 2.00. The quantitative estimate of drug-likeness (QED) is 0.758. The number of nitrogens with zero attached hydrogens (tertiary/aromatic N) is 3. The van der Waals surface area contributed by atoms with E-state index in [9.17, 15) is 0 Å². The third kappa shape index (κ3) is 1.68. The summed E-state index contributed by atoms with van der Waals surface area (Å²) in [5.74, 6) is 2.75. The fourth-order valence-corrected chi connectivity index (χ4v) is 2.65. The molecule has 6 nitrogen and oxygen atoms in total. The van der Waals surface area contributed by atoms with Gasteiger partial charge < -0.3 is 11.1 Å². The first-order valence-electron chi connectivity index (χ1n) is 6.54. The Morgan fingerprint density at radius 2 is 1.94 bits per heavy atom. The van der Waals surface area contributed by atoms with Crippen molar-refractivity contribution in [3.8, 4) is 0 Å². The molecule has 2 aromatic heterocycles. The highest BCUT2D eigenvalue weighted by Crippen LogP contribution is 2.46. The van der Waals surface area contributed by atoms with Gasteiger partial charge in [0.05, 0.1) is 11.6 Å². The Labute approximate surface area is 104 Å². The van der Waals surface area contributed by atoms with Crippen molar-refractivity contribution in [3.63, 3.8) is 0 Å². The first-order chi connectivity index (χ1) is 8.81. The van der Waals surface area contributed by atoms with Gasteiger partial charge in [0.15, 0.2) is 5.65 Å². The number of aromatic nitrogens is 4. The summed E-state index contributed by atoms with van der Waals surface area (Å²) in [6, 6.07) is 0.553. The van der Waals surface area contributed by atoms with Crippen LogP contribution in [0.3, 0.4) is 0 Å². The summed E-state index contributed by atoms with van der Waals surface area (Å²) < 4.78 is 0. The number of H-pyrrole nitrogens is 1. The number of aromatic amines is 1. The van der Waals surface area contributed by atoms with Gasteiger partial charge in [-0.3, -0.25) is 5.10 Å². The van der Waals surface area contributed by atoms with Crippen molar-refractivity contribution in [2.24, 2.45) is 11.8 Å². The maximum atomic E-state index is 5.73. The van der Waals surface area contributed by atoms with Crippen LogP contribution in [-0.2, 0) is 0 Å². The number of nitrogens with two attached hydrogens (primary N) is 1. The molecule has 0 bridgehead atoms. The molecule has 2 aliphatic carbocycles. The molecule has 0 amide bonds. The molecule has 2 fully saturated rings. The van der Waals surface area contributed by atoms with Gasteiger partial charge in [0.2, 0.25) is 5.95 Å². The maximum absolute atomic E-state index is 5.73. The third-order valence-corrected chi connectivity index (χ3v) is 3.89. The molecule has 4 rings (SSSR count). The summed E-state index contributed by atoms with van der Waals surface area (Å²) in [7, 11) is 0. The molecule has 0 saturated heterocycles. The van der Waals surface area contributed by atoms with E-state index >= 15 is 0 Å². The Balaban J connectivity index is 1.70. The average Bonchev–Trinajstić information content (AvgIpc) is 3.24. The van der Waals surface area contributed by atoms with Gasteiger partial charge in [0, 0.05) is 6.04 Å². The van der Waals surface area contributed by atoms with Crippen LogP contribution in [0.1, 0.15) is 25.7 Å². The average molecular weight is 244 g/mol. The zero-order valence-electron chi connectivity index (χ0n) is 10.1. The van der Waals surface area contributed by atoms with E-state index < -0.39 is 0 Å². The van der Waals surface area contributed by atoms with Gasteiger partial charge in [-0.1, -0.05) is 0 Å². The van der Waals surface area contributed by atoms with E-state index in [4.69, 9.17) is 5.73 Å². The van der Waals surface area contributed by atoms with Crippen LogP contribution in [0.25, 0.3) is 11.0 Å². The number of nitrogens with one attached hydrogen (secondary N) is 2. The van der Waals surface area contributed by atoms with Crippen molar-refractivity contribution >= 4 is 22.8 Å². The summed E-state index contributed by atoms with van der Waals surface area (Å²) >= 11 is 0. The first-order valence-corrected chi connectivity index (χ1v) is 6.54. The lowest BCUT2D eigenvalue weighted by molar-refractivity contribution is 0.566. The van der Waals surface area contributed by atoms with Gasteiger partial charge in [-0.2, -0.15) is 15.1 Å². The largest absolute Gasteiger partial charge is 0.368 e. The number of anilines is 2. The van der Waals surface area contributed by atoms with Crippen LogP contribution in [0.5, 0.6) is 0 Å². The summed E-state index contributed by atoms with van der Waals surface area (Å²) in [6.07, 6.45) is 7.10. The second kappa shape index (κ2) is 3.57. The summed E-state index contributed by atoms with van der Waals surface area (Å²) in [4.78, 5) is 8.46. The van der Waals surface area contributed by atoms with E-state index in [1.165, 1.54) is 25.7 Å². The smallest absolute Gasteiger partial charge is 0.224 e. The number of hydrogen-bond donors (Lipinski definition) is 3. The van der Waals surface area contributed by atoms with Crippen LogP contribution < -0.4 is 11.1 Å². The molecule has 2 heterocycles. The topological polar surface area (TPSA) is 92.5 Å². The molecule has 18 heavy (non-hydrogen) atoms. The third-order valence-electron chi connectivity index (χ3n) is 3.89. The molecule has 0 radical (unpaired) electrons. The molecular formula is C12H16N6. The number of nitrogen functional groups attached to an aromatic ring is 1. The molecule has 4 N–H and O–H groups in total. The Hall–Kier alpha value is -1.85. The van der Waals surface area contributed by atoms with Crippen molar-refractivity contribution in [2.75, 3.05) is 11.1 Å². The lowest BCUT2D eigenvalue weighted by Crippen LogP contribution is -2.25.